The summed E-state index contributed by atoms with van der Waals surface area (Å²) in [4.78, 5) is 22.5. The molecule has 0 bridgehead atoms. The van der Waals surface area contributed by atoms with Gasteiger partial charge in [0.1, 0.15) is 0 Å². The summed E-state index contributed by atoms with van der Waals surface area (Å²) in [6.45, 7) is 4.62. The lowest BCUT2D eigenvalue weighted by atomic mass is 10.1. The number of carboxylic acids is 1. The molecule has 0 saturated carbocycles. The van der Waals surface area contributed by atoms with Gasteiger partial charge in [-0.1, -0.05) is 31.9 Å². The van der Waals surface area contributed by atoms with Gasteiger partial charge in [-0.25, -0.2) is 9.59 Å². The van der Waals surface area contributed by atoms with Crippen LogP contribution in [0.2, 0.25) is 5.02 Å². The van der Waals surface area contributed by atoms with Crippen molar-refractivity contribution in [1.29, 1.82) is 0 Å². The lowest BCUT2D eigenvalue weighted by molar-refractivity contribution is 0.0697. The largest absolute Gasteiger partial charge is 0.478 e. The molecule has 0 aliphatic rings. The van der Waals surface area contributed by atoms with E-state index >= 15 is 0 Å². The SMILES string of the molecule is CCC(C)CNC(=O)Nc1cc(C(=O)O)ccc1Cl. The molecule has 0 aliphatic carbocycles. The minimum Gasteiger partial charge on any atom is -0.478 e. The fraction of sp³-hybridized carbons (Fsp3) is 0.385. The van der Waals surface area contributed by atoms with Crippen LogP contribution in [0.1, 0.15) is 30.6 Å². The molecular formula is C13H17ClN2O3. The Hall–Kier alpha value is -1.75. The van der Waals surface area contributed by atoms with Gasteiger partial charge in [-0.3, -0.25) is 0 Å². The minimum atomic E-state index is -1.07. The number of rotatable bonds is 5. The lowest BCUT2D eigenvalue weighted by Crippen LogP contribution is -2.32. The van der Waals surface area contributed by atoms with Gasteiger partial charge in [-0.2, -0.15) is 0 Å². The molecule has 0 saturated heterocycles. The van der Waals surface area contributed by atoms with E-state index in [9.17, 15) is 9.59 Å². The van der Waals surface area contributed by atoms with E-state index in [1.54, 1.807) is 0 Å². The summed E-state index contributed by atoms with van der Waals surface area (Å²) in [5, 5.41) is 14.4. The zero-order valence-electron chi connectivity index (χ0n) is 10.9. The van der Waals surface area contributed by atoms with Crippen molar-refractivity contribution in [2.24, 2.45) is 5.92 Å². The van der Waals surface area contributed by atoms with E-state index in [1.165, 1.54) is 18.2 Å². The number of amides is 2. The predicted octanol–water partition coefficient (Wildman–Crippen LogP) is 3.21. The predicted molar refractivity (Wildman–Crippen MR) is 74.9 cm³/mol. The normalized spacial score (nSPS) is 11.7. The number of hydrogen-bond donors (Lipinski definition) is 3. The second-order valence-electron chi connectivity index (χ2n) is 4.35. The summed E-state index contributed by atoms with van der Waals surface area (Å²) in [6.07, 6.45) is 0.968. The zero-order valence-corrected chi connectivity index (χ0v) is 11.6. The Kier molecular flexibility index (Phi) is 5.63. The maximum absolute atomic E-state index is 11.6. The van der Waals surface area contributed by atoms with Crippen molar-refractivity contribution >= 4 is 29.3 Å². The first-order chi connectivity index (χ1) is 8.93. The Bertz CT molecular complexity index is 477. The Morgan fingerprint density at radius 1 is 1.42 bits per heavy atom. The van der Waals surface area contributed by atoms with Crippen LogP contribution in [0, 0.1) is 5.92 Å². The smallest absolute Gasteiger partial charge is 0.335 e. The van der Waals surface area contributed by atoms with E-state index in [4.69, 9.17) is 16.7 Å². The van der Waals surface area contributed by atoms with Crippen LogP contribution in [0.3, 0.4) is 0 Å². The Morgan fingerprint density at radius 3 is 2.68 bits per heavy atom. The summed E-state index contributed by atoms with van der Waals surface area (Å²) in [5.74, 6) is -0.689. The molecule has 6 heteroatoms. The molecule has 0 heterocycles. The molecule has 0 spiro atoms. The molecule has 5 nitrogen and oxygen atoms in total. The average molecular weight is 285 g/mol. The molecule has 1 aromatic carbocycles. The molecule has 0 radical (unpaired) electrons. The van der Waals surface area contributed by atoms with Crippen LogP contribution in [-0.4, -0.2) is 23.7 Å². The number of benzene rings is 1. The van der Waals surface area contributed by atoms with Gasteiger partial charge in [-0.15, -0.1) is 0 Å². The van der Waals surface area contributed by atoms with Crippen molar-refractivity contribution in [2.45, 2.75) is 20.3 Å². The maximum Gasteiger partial charge on any atom is 0.335 e. The monoisotopic (exact) mass is 284 g/mol. The topological polar surface area (TPSA) is 78.4 Å². The van der Waals surface area contributed by atoms with E-state index in [0.29, 0.717) is 17.5 Å². The Morgan fingerprint density at radius 2 is 2.11 bits per heavy atom. The van der Waals surface area contributed by atoms with Crippen molar-refractivity contribution < 1.29 is 14.7 Å². The third-order valence-corrected chi connectivity index (χ3v) is 3.10. The summed E-state index contributed by atoms with van der Waals surface area (Å²) in [5.41, 5.74) is 0.352. The maximum atomic E-state index is 11.6. The number of anilines is 1. The third kappa shape index (κ3) is 4.79. The second-order valence-corrected chi connectivity index (χ2v) is 4.76. The quantitative estimate of drug-likeness (QED) is 0.777. The van der Waals surface area contributed by atoms with E-state index in [2.05, 4.69) is 10.6 Å². The summed E-state index contributed by atoms with van der Waals surface area (Å²) >= 11 is 5.90. The first-order valence-corrected chi connectivity index (χ1v) is 6.39. The first kappa shape index (κ1) is 15.3. The van der Waals surface area contributed by atoms with Gasteiger partial charge in [-0.05, 0) is 24.1 Å². The molecular weight excluding hydrogens is 268 g/mol. The molecule has 1 atom stereocenters. The Labute approximate surface area is 117 Å². The second kappa shape index (κ2) is 6.99. The van der Waals surface area contributed by atoms with Gasteiger partial charge < -0.3 is 15.7 Å². The standard InChI is InChI=1S/C13H17ClN2O3/c1-3-8(2)7-15-13(19)16-11-6-9(12(17)18)4-5-10(11)14/h4-6,8H,3,7H2,1-2H3,(H,17,18)(H2,15,16,19). The number of aromatic carboxylic acids is 1. The summed E-state index contributed by atoms with van der Waals surface area (Å²) in [7, 11) is 0. The van der Waals surface area contributed by atoms with Gasteiger partial charge in [0.2, 0.25) is 0 Å². The number of halogens is 1. The van der Waals surface area contributed by atoms with Crippen molar-refractivity contribution in [3.05, 3.63) is 28.8 Å². The number of carbonyl (C=O) groups is 2. The average Bonchev–Trinajstić information content (AvgIpc) is 2.38. The van der Waals surface area contributed by atoms with Gasteiger partial charge in [0.25, 0.3) is 0 Å². The number of carboxylic acid groups (broad SMARTS) is 1. The van der Waals surface area contributed by atoms with Crippen LogP contribution in [-0.2, 0) is 0 Å². The van der Waals surface area contributed by atoms with Crippen molar-refractivity contribution in [3.8, 4) is 0 Å². The van der Waals surface area contributed by atoms with Gasteiger partial charge >= 0.3 is 12.0 Å². The van der Waals surface area contributed by atoms with Crippen molar-refractivity contribution in [2.75, 3.05) is 11.9 Å². The molecule has 0 fully saturated rings. The molecule has 0 aliphatic heterocycles. The van der Waals surface area contributed by atoms with Crippen LogP contribution < -0.4 is 10.6 Å². The van der Waals surface area contributed by atoms with Gasteiger partial charge in [0.05, 0.1) is 16.3 Å². The lowest BCUT2D eigenvalue weighted by Gasteiger charge is -2.12. The minimum absolute atomic E-state index is 0.0710. The summed E-state index contributed by atoms with van der Waals surface area (Å²) < 4.78 is 0. The highest BCUT2D eigenvalue weighted by Gasteiger charge is 2.10. The highest BCUT2D eigenvalue weighted by atomic mass is 35.5. The molecule has 1 unspecified atom stereocenters. The number of hydrogen-bond acceptors (Lipinski definition) is 2. The van der Waals surface area contributed by atoms with Gasteiger partial charge in [0.15, 0.2) is 0 Å². The fourth-order valence-electron chi connectivity index (χ4n) is 1.33. The van der Waals surface area contributed by atoms with E-state index in [0.717, 1.165) is 6.42 Å². The molecule has 3 N–H and O–H groups in total. The highest BCUT2D eigenvalue weighted by Crippen LogP contribution is 2.23. The molecule has 1 rings (SSSR count). The van der Waals surface area contributed by atoms with E-state index in [1.807, 2.05) is 13.8 Å². The van der Waals surface area contributed by atoms with Crippen LogP contribution in [0.4, 0.5) is 10.5 Å². The fourth-order valence-corrected chi connectivity index (χ4v) is 1.50. The molecule has 0 aromatic heterocycles. The van der Waals surface area contributed by atoms with E-state index < -0.39 is 12.0 Å². The highest BCUT2D eigenvalue weighted by molar-refractivity contribution is 6.33. The zero-order chi connectivity index (χ0) is 14.4. The van der Waals surface area contributed by atoms with Gasteiger partial charge in [0, 0.05) is 6.54 Å². The van der Waals surface area contributed by atoms with E-state index in [-0.39, 0.29) is 11.3 Å². The molecule has 1 aromatic rings. The Balaban J connectivity index is 2.68. The molecule has 19 heavy (non-hydrogen) atoms. The van der Waals surface area contributed by atoms with Crippen LogP contribution in [0.15, 0.2) is 18.2 Å². The van der Waals surface area contributed by atoms with Crippen LogP contribution in [0.25, 0.3) is 0 Å². The third-order valence-electron chi connectivity index (χ3n) is 2.77. The van der Waals surface area contributed by atoms with Crippen LogP contribution >= 0.6 is 11.6 Å². The van der Waals surface area contributed by atoms with Crippen molar-refractivity contribution in [3.63, 3.8) is 0 Å². The van der Waals surface area contributed by atoms with Crippen LogP contribution in [0.5, 0.6) is 0 Å². The number of carbonyl (C=O) groups excluding carboxylic acids is 1. The molecule has 2 amide bonds. The first-order valence-electron chi connectivity index (χ1n) is 6.01. The number of nitrogens with one attached hydrogen (secondary N) is 2. The van der Waals surface area contributed by atoms with Crippen molar-refractivity contribution in [1.82, 2.24) is 5.32 Å². The summed E-state index contributed by atoms with van der Waals surface area (Å²) in [6, 6.07) is 3.75. The molecule has 104 valence electrons. The number of urea groups is 1.